The molecule has 1 N–H and O–H groups in total. The summed E-state index contributed by atoms with van der Waals surface area (Å²) in [6.07, 6.45) is 2.96. The lowest BCUT2D eigenvalue weighted by atomic mass is 10.3. The monoisotopic (exact) mass is 271 g/mol. The number of amides is 1. The van der Waals surface area contributed by atoms with Crippen LogP contribution in [0.5, 0.6) is 0 Å². The van der Waals surface area contributed by atoms with E-state index in [-0.39, 0.29) is 12.9 Å². The highest BCUT2D eigenvalue weighted by Crippen LogP contribution is 2.17. The molecule has 0 aliphatic carbocycles. The van der Waals surface area contributed by atoms with Gasteiger partial charge in [0.2, 0.25) is 0 Å². The molecule has 1 rings (SSSR count). The molecule has 0 fully saturated rings. The number of carbonyl (C=O) groups excluding carboxylic acids is 1. The van der Waals surface area contributed by atoms with Gasteiger partial charge in [-0.3, -0.25) is 5.32 Å². The predicted octanol–water partition coefficient (Wildman–Crippen LogP) is 4.15. The van der Waals surface area contributed by atoms with Gasteiger partial charge in [-0.05, 0) is 12.2 Å². The highest BCUT2D eigenvalue weighted by molar-refractivity contribution is 5.85. The van der Waals surface area contributed by atoms with Gasteiger partial charge in [0, 0.05) is 13.6 Å². The van der Waals surface area contributed by atoms with Crippen LogP contribution in [0.3, 0.4) is 0 Å². The fourth-order valence-electron chi connectivity index (χ4n) is 1.14. The third-order valence-corrected chi connectivity index (χ3v) is 1.92. The van der Waals surface area contributed by atoms with Crippen LogP contribution in [0, 0.1) is 17.5 Å². The number of anilines is 1. The molecule has 1 aromatic carbocycles. The van der Waals surface area contributed by atoms with Crippen molar-refractivity contribution < 1.29 is 24.1 Å². The Labute approximate surface area is 109 Å². The van der Waals surface area contributed by atoms with Crippen LogP contribution in [-0.2, 0) is 4.74 Å². The number of allylic oxidation sites excluding steroid dienone is 3. The average molecular weight is 271 g/mol. The summed E-state index contributed by atoms with van der Waals surface area (Å²) < 4.78 is 43.2. The number of hydrogen-bond acceptors (Lipinski definition) is 2. The summed E-state index contributed by atoms with van der Waals surface area (Å²) in [5.41, 5.74) is -0.275. The average Bonchev–Trinajstić information content (AvgIpc) is 2.35. The van der Waals surface area contributed by atoms with Gasteiger partial charge in [0.05, 0.1) is 5.69 Å². The molecule has 1 aromatic rings. The maximum Gasteiger partial charge on any atom is 0.417 e. The number of nitrogens with one attached hydrogen (secondary N) is 1. The standard InChI is InChI=1S/C13H10F3NO2.H2/c1-3-5-9(4-2)19-13(18)17-8-6-10(14)12(16)11(15)7-8;/h3-7H,1-2H2,(H,17,18);1H/b9-5+;. The Hall–Kier alpha value is -2.50. The quantitative estimate of drug-likeness (QED) is 0.507. The van der Waals surface area contributed by atoms with Crippen molar-refractivity contribution in [1.29, 1.82) is 0 Å². The minimum Gasteiger partial charge on any atom is -0.410 e. The zero-order valence-corrected chi connectivity index (χ0v) is 9.75. The van der Waals surface area contributed by atoms with E-state index < -0.39 is 23.5 Å². The minimum atomic E-state index is -1.61. The number of carbonyl (C=O) groups is 1. The van der Waals surface area contributed by atoms with E-state index in [1.54, 1.807) is 0 Å². The molecule has 0 aromatic heterocycles. The van der Waals surface area contributed by atoms with Crippen molar-refractivity contribution in [3.05, 3.63) is 66.7 Å². The fourth-order valence-corrected chi connectivity index (χ4v) is 1.14. The first-order chi connectivity index (χ1) is 8.97. The van der Waals surface area contributed by atoms with Crippen LogP contribution in [0.15, 0.2) is 49.3 Å². The van der Waals surface area contributed by atoms with Crippen LogP contribution >= 0.6 is 0 Å². The van der Waals surface area contributed by atoms with Crippen molar-refractivity contribution in [2.45, 2.75) is 0 Å². The van der Waals surface area contributed by atoms with Crippen LogP contribution in [0.2, 0.25) is 0 Å². The first kappa shape index (κ1) is 14.6. The van der Waals surface area contributed by atoms with E-state index in [9.17, 15) is 18.0 Å². The zero-order chi connectivity index (χ0) is 14.4. The summed E-state index contributed by atoms with van der Waals surface area (Å²) in [7, 11) is 0. The highest BCUT2D eigenvalue weighted by Gasteiger charge is 2.13. The third-order valence-electron chi connectivity index (χ3n) is 1.92. The van der Waals surface area contributed by atoms with E-state index in [1.165, 1.54) is 18.2 Å². The Morgan fingerprint density at radius 3 is 2.32 bits per heavy atom. The van der Waals surface area contributed by atoms with E-state index in [2.05, 4.69) is 13.2 Å². The first-order valence-corrected chi connectivity index (χ1v) is 5.06. The smallest absolute Gasteiger partial charge is 0.410 e. The van der Waals surface area contributed by atoms with Gasteiger partial charge in [-0.2, -0.15) is 0 Å². The SMILES string of the molecule is C=C/C=C(\C=C)OC(=O)Nc1cc(F)c(F)c(F)c1.[HH]. The molecule has 19 heavy (non-hydrogen) atoms. The molecule has 0 atom stereocenters. The second kappa shape index (κ2) is 6.44. The lowest BCUT2D eigenvalue weighted by Gasteiger charge is -2.07. The summed E-state index contributed by atoms with van der Waals surface area (Å²) in [4.78, 5) is 11.4. The maximum atomic E-state index is 12.9. The van der Waals surface area contributed by atoms with Crippen molar-refractivity contribution in [3.63, 3.8) is 0 Å². The number of halogens is 3. The maximum absolute atomic E-state index is 12.9. The summed E-state index contributed by atoms with van der Waals surface area (Å²) in [5.74, 6) is -4.35. The molecular formula is C13H12F3NO2. The number of ether oxygens (including phenoxy) is 1. The van der Waals surface area contributed by atoms with Crippen molar-refractivity contribution >= 4 is 11.8 Å². The summed E-state index contributed by atoms with van der Waals surface area (Å²) in [6.45, 7) is 6.78. The van der Waals surface area contributed by atoms with Gasteiger partial charge in [-0.15, -0.1) is 0 Å². The van der Waals surface area contributed by atoms with Crippen LogP contribution in [0.4, 0.5) is 23.7 Å². The van der Waals surface area contributed by atoms with Gasteiger partial charge in [-0.25, -0.2) is 18.0 Å². The van der Waals surface area contributed by atoms with E-state index in [0.717, 1.165) is 0 Å². The molecule has 102 valence electrons. The number of benzene rings is 1. The Bertz CT molecular complexity index is 536. The Balaban J connectivity index is 0.00000361. The second-order valence-corrected chi connectivity index (χ2v) is 3.28. The molecule has 0 bridgehead atoms. The van der Waals surface area contributed by atoms with Gasteiger partial charge in [0.25, 0.3) is 0 Å². The Morgan fingerprint density at radius 2 is 1.84 bits per heavy atom. The van der Waals surface area contributed by atoms with Gasteiger partial charge >= 0.3 is 6.09 Å². The number of hydrogen-bond donors (Lipinski definition) is 1. The van der Waals surface area contributed by atoms with Crippen LogP contribution in [0.1, 0.15) is 1.43 Å². The van der Waals surface area contributed by atoms with Crippen LogP contribution in [0.25, 0.3) is 0 Å². The lowest BCUT2D eigenvalue weighted by Crippen LogP contribution is -2.13. The van der Waals surface area contributed by atoms with Gasteiger partial charge in [0.1, 0.15) is 5.76 Å². The molecule has 6 heteroatoms. The van der Waals surface area contributed by atoms with Crippen molar-refractivity contribution in [1.82, 2.24) is 0 Å². The van der Waals surface area contributed by atoms with Gasteiger partial charge in [-0.1, -0.05) is 19.2 Å². The van der Waals surface area contributed by atoms with Crippen LogP contribution < -0.4 is 5.32 Å². The lowest BCUT2D eigenvalue weighted by molar-refractivity contribution is 0.195. The van der Waals surface area contributed by atoms with Crippen LogP contribution in [-0.4, -0.2) is 6.09 Å². The normalized spacial score (nSPS) is 10.8. The van der Waals surface area contributed by atoms with Crippen molar-refractivity contribution in [2.24, 2.45) is 0 Å². The Kier molecular flexibility index (Phi) is 4.93. The van der Waals surface area contributed by atoms with Gasteiger partial charge in [0.15, 0.2) is 17.5 Å². The van der Waals surface area contributed by atoms with E-state index in [4.69, 9.17) is 4.74 Å². The molecule has 0 heterocycles. The van der Waals surface area contributed by atoms with E-state index in [0.29, 0.717) is 12.1 Å². The van der Waals surface area contributed by atoms with E-state index in [1.807, 2.05) is 5.32 Å². The molecule has 1 amide bonds. The fraction of sp³-hybridized carbons (Fsp3) is 0. The Morgan fingerprint density at radius 1 is 1.26 bits per heavy atom. The van der Waals surface area contributed by atoms with E-state index >= 15 is 0 Å². The van der Waals surface area contributed by atoms with Crippen molar-refractivity contribution in [2.75, 3.05) is 5.32 Å². The van der Waals surface area contributed by atoms with Crippen molar-refractivity contribution in [3.8, 4) is 0 Å². The third kappa shape index (κ3) is 4.02. The highest BCUT2D eigenvalue weighted by atomic mass is 19.2. The molecule has 0 aliphatic heterocycles. The summed E-state index contributed by atoms with van der Waals surface area (Å²) >= 11 is 0. The largest absolute Gasteiger partial charge is 0.417 e. The molecule has 0 spiro atoms. The molecule has 3 nitrogen and oxygen atoms in total. The molecule has 0 unspecified atom stereocenters. The molecule has 0 saturated carbocycles. The summed E-state index contributed by atoms with van der Waals surface area (Å²) in [6, 6.07) is 1.26. The molecular weight excluding hydrogens is 259 g/mol. The van der Waals surface area contributed by atoms with Gasteiger partial charge < -0.3 is 4.74 Å². The molecule has 0 saturated heterocycles. The second-order valence-electron chi connectivity index (χ2n) is 3.28. The predicted molar refractivity (Wildman–Crippen MR) is 67.0 cm³/mol. The summed E-state index contributed by atoms with van der Waals surface area (Å²) in [5, 5.41) is 2.04. The first-order valence-electron chi connectivity index (χ1n) is 5.06. The number of rotatable bonds is 4. The molecule has 0 aliphatic rings. The minimum absolute atomic E-state index is 0. The zero-order valence-electron chi connectivity index (χ0n) is 9.75. The topological polar surface area (TPSA) is 38.3 Å². The molecule has 0 radical (unpaired) electrons.